The maximum atomic E-state index is 11.8. The second-order valence-corrected chi connectivity index (χ2v) is 5.43. The molecule has 0 aromatic carbocycles. The number of carbonyl (C=O) groups excluding carboxylic acids is 2. The largest absolute Gasteiger partial charge is 0.464 e. The van der Waals surface area contributed by atoms with E-state index in [1.54, 1.807) is 34.6 Å². The van der Waals surface area contributed by atoms with Crippen molar-refractivity contribution in [2.45, 2.75) is 51.9 Å². The number of hydrogen-bond donors (Lipinski definition) is 1. The minimum atomic E-state index is -1.62. The number of β-amino-alcohol motifs (C(OH)–C–C–N with tert-alkyl or cyclic N) is 1. The minimum absolute atomic E-state index is 0.0953. The SMILES string of the molecule is CCOC(=O)C1(O)CN(C(=O)OC(C)(C)C)C1C. The number of carbonyl (C=O) groups is 2. The van der Waals surface area contributed by atoms with Crippen LogP contribution in [-0.2, 0) is 14.3 Å². The molecule has 0 aromatic heterocycles. The molecule has 18 heavy (non-hydrogen) atoms. The molecule has 0 radical (unpaired) electrons. The van der Waals surface area contributed by atoms with Crippen LogP contribution in [0.2, 0.25) is 0 Å². The topological polar surface area (TPSA) is 76.1 Å². The average molecular weight is 259 g/mol. The monoisotopic (exact) mass is 259 g/mol. The molecule has 1 aliphatic heterocycles. The molecule has 0 saturated carbocycles. The Balaban J connectivity index is 2.62. The molecule has 0 spiro atoms. The smallest absolute Gasteiger partial charge is 0.410 e. The number of ether oxygens (including phenoxy) is 2. The summed E-state index contributed by atoms with van der Waals surface area (Å²) < 4.78 is 9.95. The Morgan fingerprint density at radius 3 is 2.39 bits per heavy atom. The average Bonchev–Trinajstić information content (AvgIpc) is 2.22. The highest BCUT2D eigenvalue weighted by atomic mass is 16.6. The summed E-state index contributed by atoms with van der Waals surface area (Å²) in [4.78, 5) is 24.6. The molecule has 6 heteroatoms. The molecule has 1 amide bonds. The maximum absolute atomic E-state index is 11.8. The van der Waals surface area contributed by atoms with Crippen LogP contribution in [0, 0.1) is 0 Å². The van der Waals surface area contributed by atoms with Crippen molar-refractivity contribution in [3.63, 3.8) is 0 Å². The predicted octanol–water partition coefficient (Wildman–Crippen LogP) is 0.920. The van der Waals surface area contributed by atoms with Crippen LogP contribution in [0.3, 0.4) is 0 Å². The van der Waals surface area contributed by atoms with Gasteiger partial charge in [-0.1, -0.05) is 0 Å². The van der Waals surface area contributed by atoms with Gasteiger partial charge >= 0.3 is 12.1 Å². The number of likely N-dealkylation sites (tertiary alicyclic amines) is 1. The number of esters is 1. The third kappa shape index (κ3) is 2.75. The normalized spacial score (nSPS) is 27.4. The van der Waals surface area contributed by atoms with Crippen LogP contribution in [0.1, 0.15) is 34.6 Å². The summed E-state index contributed by atoms with van der Waals surface area (Å²) in [5.41, 5.74) is -2.22. The van der Waals surface area contributed by atoms with Gasteiger partial charge in [-0.15, -0.1) is 0 Å². The summed E-state index contributed by atoms with van der Waals surface area (Å²) in [6.07, 6.45) is -0.538. The molecule has 1 heterocycles. The number of nitrogens with zero attached hydrogens (tertiary/aromatic N) is 1. The molecule has 0 aromatic rings. The molecule has 0 bridgehead atoms. The van der Waals surface area contributed by atoms with Crippen LogP contribution >= 0.6 is 0 Å². The van der Waals surface area contributed by atoms with Gasteiger partial charge in [-0.25, -0.2) is 9.59 Å². The van der Waals surface area contributed by atoms with Gasteiger partial charge in [0.25, 0.3) is 0 Å². The van der Waals surface area contributed by atoms with E-state index in [0.717, 1.165) is 0 Å². The minimum Gasteiger partial charge on any atom is -0.464 e. The van der Waals surface area contributed by atoms with Crippen molar-refractivity contribution >= 4 is 12.1 Å². The number of aliphatic hydroxyl groups is 1. The van der Waals surface area contributed by atoms with Crippen LogP contribution in [0.25, 0.3) is 0 Å². The third-order valence-electron chi connectivity index (χ3n) is 2.83. The highest BCUT2D eigenvalue weighted by molar-refractivity contribution is 5.85. The first-order chi connectivity index (χ1) is 8.12. The molecule has 6 nitrogen and oxygen atoms in total. The van der Waals surface area contributed by atoms with Crippen LogP contribution in [0.5, 0.6) is 0 Å². The molecule has 0 aliphatic carbocycles. The van der Waals surface area contributed by atoms with Crippen molar-refractivity contribution in [1.82, 2.24) is 4.90 Å². The highest BCUT2D eigenvalue weighted by Gasteiger charge is 2.58. The van der Waals surface area contributed by atoms with E-state index in [1.807, 2.05) is 0 Å². The third-order valence-corrected chi connectivity index (χ3v) is 2.83. The summed E-state index contributed by atoms with van der Waals surface area (Å²) in [6, 6.07) is -0.647. The summed E-state index contributed by atoms with van der Waals surface area (Å²) in [6.45, 7) is 8.62. The quantitative estimate of drug-likeness (QED) is 0.746. The lowest BCUT2D eigenvalue weighted by Crippen LogP contribution is -2.74. The van der Waals surface area contributed by atoms with Crippen molar-refractivity contribution in [3.05, 3.63) is 0 Å². The fourth-order valence-corrected chi connectivity index (χ4v) is 1.71. The molecular weight excluding hydrogens is 238 g/mol. The van der Waals surface area contributed by atoms with Gasteiger partial charge in [0.1, 0.15) is 5.60 Å². The summed E-state index contributed by atoms with van der Waals surface area (Å²) in [5.74, 6) is -0.697. The summed E-state index contributed by atoms with van der Waals surface area (Å²) in [5, 5.41) is 10.1. The summed E-state index contributed by atoms with van der Waals surface area (Å²) >= 11 is 0. The van der Waals surface area contributed by atoms with E-state index < -0.39 is 29.3 Å². The van der Waals surface area contributed by atoms with Gasteiger partial charge in [0.05, 0.1) is 19.2 Å². The van der Waals surface area contributed by atoms with Gasteiger partial charge in [-0.3, -0.25) is 4.90 Å². The summed E-state index contributed by atoms with van der Waals surface area (Å²) in [7, 11) is 0. The number of rotatable bonds is 2. The van der Waals surface area contributed by atoms with Gasteiger partial charge in [-0.2, -0.15) is 0 Å². The van der Waals surface area contributed by atoms with Crippen molar-refractivity contribution in [2.75, 3.05) is 13.2 Å². The molecule has 1 aliphatic rings. The zero-order valence-electron chi connectivity index (χ0n) is 11.5. The first kappa shape index (κ1) is 14.8. The lowest BCUT2D eigenvalue weighted by atomic mass is 9.85. The first-order valence-electron chi connectivity index (χ1n) is 6.01. The Morgan fingerprint density at radius 2 is 2.00 bits per heavy atom. The second kappa shape index (κ2) is 4.76. The Kier molecular flexibility index (Phi) is 3.90. The zero-order chi connectivity index (χ0) is 14.1. The van der Waals surface area contributed by atoms with E-state index in [-0.39, 0.29) is 13.2 Å². The number of amides is 1. The van der Waals surface area contributed by atoms with Crippen molar-refractivity contribution in [3.8, 4) is 0 Å². The van der Waals surface area contributed by atoms with Gasteiger partial charge in [-0.05, 0) is 34.6 Å². The Hall–Kier alpha value is -1.30. The zero-order valence-corrected chi connectivity index (χ0v) is 11.5. The Morgan fingerprint density at radius 1 is 1.44 bits per heavy atom. The molecule has 104 valence electrons. The first-order valence-corrected chi connectivity index (χ1v) is 6.01. The van der Waals surface area contributed by atoms with E-state index in [1.165, 1.54) is 4.90 Å². The van der Waals surface area contributed by atoms with Crippen LogP contribution in [-0.4, -0.2) is 52.5 Å². The van der Waals surface area contributed by atoms with Crippen LogP contribution < -0.4 is 0 Å². The lowest BCUT2D eigenvalue weighted by molar-refractivity contribution is -0.194. The molecule has 1 saturated heterocycles. The number of hydrogen-bond acceptors (Lipinski definition) is 5. The maximum Gasteiger partial charge on any atom is 0.410 e. The predicted molar refractivity (Wildman–Crippen MR) is 64.0 cm³/mol. The molecule has 1 fully saturated rings. The van der Waals surface area contributed by atoms with E-state index in [4.69, 9.17) is 9.47 Å². The van der Waals surface area contributed by atoms with E-state index in [9.17, 15) is 14.7 Å². The van der Waals surface area contributed by atoms with Crippen molar-refractivity contribution in [2.24, 2.45) is 0 Å². The van der Waals surface area contributed by atoms with E-state index >= 15 is 0 Å². The van der Waals surface area contributed by atoms with E-state index in [2.05, 4.69) is 0 Å². The highest BCUT2D eigenvalue weighted by Crippen LogP contribution is 2.31. The Labute approximate surface area is 107 Å². The fourth-order valence-electron chi connectivity index (χ4n) is 1.71. The molecule has 2 atom stereocenters. The fraction of sp³-hybridized carbons (Fsp3) is 0.833. The standard InChI is InChI=1S/C12H21NO5/c1-6-17-9(14)12(16)7-13(8(12)2)10(15)18-11(3,4)5/h8,16H,6-7H2,1-5H3. The van der Waals surface area contributed by atoms with Crippen LogP contribution in [0.4, 0.5) is 4.79 Å². The molecular formula is C12H21NO5. The van der Waals surface area contributed by atoms with Crippen molar-refractivity contribution in [1.29, 1.82) is 0 Å². The second-order valence-electron chi connectivity index (χ2n) is 5.43. The molecule has 1 N–H and O–H groups in total. The lowest BCUT2D eigenvalue weighted by Gasteiger charge is -2.50. The Bertz CT molecular complexity index is 349. The van der Waals surface area contributed by atoms with Gasteiger partial charge in [0, 0.05) is 0 Å². The molecule has 1 rings (SSSR count). The van der Waals surface area contributed by atoms with Gasteiger partial charge < -0.3 is 14.6 Å². The van der Waals surface area contributed by atoms with Gasteiger partial charge in [0.15, 0.2) is 5.60 Å². The van der Waals surface area contributed by atoms with Gasteiger partial charge in [0.2, 0.25) is 0 Å². The molecule has 2 unspecified atom stereocenters. The van der Waals surface area contributed by atoms with Crippen LogP contribution in [0.15, 0.2) is 0 Å². The van der Waals surface area contributed by atoms with Crippen molar-refractivity contribution < 1.29 is 24.2 Å². The van der Waals surface area contributed by atoms with E-state index in [0.29, 0.717) is 0 Å².